The van der Waals surface area contributed by atoms with E-state index in [1.807, 2.05) is 38.1 Å². The van der Waals surface area contributed by atoms with Gasteiger partial charge in [0.05, 0.1) is 28.2 Å². The van der Waals surface area contributed by atoms with Gasteiger partial charge in [0.2, 0.25) is 17.7 Å². The first-order valence-electron chi connectivity index (χ1n) is 12.0. The van der Waals surface area contributed by atoms with Gasteiger partial charge in [-0.3, -0.25) is 14.4 Å². The Hall–Kier alpha value is -3.47. The molecule has 0 aliphatic carbocycles. The number of aryl methyl sites for hydroxylation is 1. The van der Waals surface area contributed by atoms with E-state index in [4.69, 9.17) is 5.53 Å². The number of azide groups is 1. The number of β-amino-alcohol motifs (C(OH)–C–C–N with tert-alkyl or cyclic N) is 1. The molecule has 12 heteroatoms. The van der Waals surface area contributed by atoms with Crippen molar-refractivity contribution < 1.29 is 19.5 Å². The number of likely N-dealkylation sites (tertiary alicyclic amines) is 1. The first kappa shape index (κ1) is 28.1. The zero-order chi connectivity index (χ0) is 27.3. The molecule has 37 heavy (non-hydrogen) atoms. The van der Waals surface area contributed by atoms with Crippen LogP contribution in [-0.2, 0) is 14.4 Å². The zero-order valence-electron chi connectivity index (χ0n) is 21.6. The third-order valence-corrected chi connectivity index (χ3v) is 7.32. The number of benzene rings is 1. The summed E-state index contributed by atoms with van der Waals surface area (Å²) in [6, 6.07) is 5.67. The molecule has 0 unspecified atom stereocenters. The predicted molar refractivity (Wildman–Crippen MR) is 140 cm³/mol. The largest absolute Gasteiger partial charge is 0.391 e. The summed E-state index contributed by atoms with van der Waals surface area (Å²) in [6.07, 6.45) is -0.770. The van der Waals surface area contributed by atoms with Gasteiger partial charge in [-0.25, -0.2) is 4.98 Å². The molecule has 1 aromatic carbocycles. The third-order valence-electron chi connectivity index (χ3n) is 6.34. The van der Waals surface area contributed by atoms with Crippen molar-refractivity contribution in [2.45, 2.75) is 65.3 Å². The molecule has 1 aliphatic heterocycles. The maximum atomic E-state index is 13.5. The standard InChI is InChI=1S/C25H33N7O4S/c1-14(16-6-8-17(9-7-16)21-15(2)27-13-37-21)29-23(35)19-10-18(33)12-32(19)24(36)22(25(3,4)5)30-20(34)11-28-31-26/h6-9,13-14,18-19,22,33H,10-12H2,1-5H3,(H,29,35)(H,30,34)/t14-,18+,19-,22+/m0/s1. The summed E-state index contributed by atoms with van der Waals surface area (Å²) in [6.45, 7) is 8.70. The molecule has 198 valence electrons. The number of hydrogen-bond donors (Lipinski definition) is 3. The van der Waals surface area contributed by atoms with E-state index >= 15 is 0 Å². The van der Waals surface area contributed by atoms with E-state index in [0.717, 1.165) is 21.7 Å². The van der Waals surface area contributed by atoms with Crippen LogP contribution in [-0.4, -0.2) is 64.0 Å². The highest BCUT2D eigenvalue weighted by atomic mass is 32.1. The Bertz CT molecular complexity index is 1180. The van der Waals surface area contributed by atoms with Gasteiger partial charge in [-0.2, -0.15) is 0 Å². The van der Waals surface area contributed by atoms with Crippen molar-refractivity contribution in [2.75, 3.05) is 13.1 Å². The minimum atomic E-state index is -0.977. The van der Waals surface area contributed by atoms with E-state index in [1.165, 1.54) is 4.90 Å². The minimum Gasteiger partial charge on any atom is -0.391 e. The molecule has 3 rings (SSSR count). The molecule has 2 heterocycles. The highest BCUT2D eigenvalue weighted by Crippen LogP contribution is 2.29. The average molecular weight is 528 g/mol. The molecule has 2 aromatic rings. The number of carbonyl (C=O) groups is 3. The second kappa shape index (κ2) is 11.7. The van der Waals surface area contributed by atoms with Crippen LogP contribution in [0.15, 0.2) is 34.9 Å². The lowest BCUT2D eigenvalue weighted by Gasteiger charge is -2.35. The number of nitrogens with zero attached hydrogens (tertiary/aromatic N) is 5. The number of thiazole rings is 1. The van der Waals surface area contributed by atoms with Crippen molar-refractivity contribution in [1.29, 1.82) is 0 Å². The molecule has 1 aliphatic rings. The maximum Gasteiger partial charge on any atom is 0.246 e. The number of amides is 3. The van der Waals surface area contributed by atoms with Gasteiger partial charge in [0.25, 0.3) is 0 Å². The molecule has 0 saturated carbocycles. The van der Waals surface area contributed by atoms with Crippen LogP contribution in [0.3, 0.4) is 0 Å². The normalized spacial score (nSPS) is 19.0. The number of aromatic nitrogens is 1. The number of carbonyl (C=O) groups excluding carboxylic acids is 3. The topological polar surface area (TPSA) is 160 Å². The monoisotopic (exact) mass is 527 g/mol. The van der Waals surface area contributed by atoms with E-state index in [9.17, 15) is 19.5 Å². The van der Waals surface area contributed by atoms with Gasteiger partial charge < -0.3 is 20.6 Å². The van der Waals surface area contributed by atoms with E-state index in [0.29, 0.717) is 0 Å². The number of nitrogens with one attached hydrogen (secondary N) is 2. The van der Waals surface area contributed by atoms with Crippen LogP contribution in [0.5, 0.6) is 0 Å². The fraction of sp³-hybridized carbons (Fsp3) is 0.520. The molecule has 1 aromatic heterocycles. The predicted octanol–water partition coefficient (Wildman–Crippen LogP) is 3.10. The molecule has 1 fully saturated rings. The fourth-order valence-corrected chi connectivity index (χ4v) is 5.13. The minimum absolute atomic E-state index is 0.0208. The first-order valence-corrected chi connectivity index (χ1v) is 12.9. The van der Waals surface area contributed by atoms with Gasteiger partial charge in [0.1, 0.15) is 18.6 Å². The van der Waals surface area contributed by atoms with Crippen molar-refractivity contribution >= 4 is 29.1 Å². The van der Waals surface area contributed by atoms with Crippen LogP contribution < -0.4 is 10.6 Å². The van der Waals surface area contributed by atoms with E-state index in [2.05, 4.69) is 25.6 Å². The zero-order valence-corrected chi connectivity index (χ0v) is 22.5. The van der Waals surface area contributed by atoms with Crippen LogP contribution in [0.2, 0.25) is 0 Å². The number of rotatable bonds is 8. The summed E-state index contributed by atoms with van der Waals surface area (Å²) in [7, 11) is 0. The van der Waals surface area contributed by atoms with Crippen LogP contribution in [0, 0.1) is 12.3 Å². The third kappa shape index (κ3) is 6.85. The van der Waals surface area contributed by atoms with Gasteiger partial charge in [-0.1, -0.05) is 50.2 Å². The highest BCUT2D eigenvalue weighted by molar-refractivity contribution is 7.13. The van der Waals surface area contributed by atoms with Gasteiger partial charge in [0.15, 0.2) is 0 Å². The molecule has 3 N–H and O–H groups in total. The molecule has 3 amide bonds. The quantitative estimate of drug-likeness (QED) is 0.273. The van der Waals surface area contributed by atoms with E-state index < -0.39 is 42.0 Å². The summed E-state index contributed by atoms with van der Waals surface area (Å²) in [5.74, 6) is -1.46. The van der Waals surface area contributed by atoms with Crippen molar-refractivity contribution in [1.82, 2.24) is 20.5 Å². The lowest BCUT2D eigenvalue weighted by Crippen LogP contribution is -2.58. The van der Waals surface area contributed by atoms with Crippen molar-refractivity contribution in [3.8, 4) is 10.4 Å². The van der Waals surface area contributed by atoms with Crippen molar-refractivity contribution in [3.63, 3.8) is 0 Å². The molecule has 0 spiro atoms. The van der Waals surface area contributed by atoms with Gasteiger partial charge in [-0.05, 0) is 35.9 Å². The van der Waals surface area contributed by atoms with Crippen molar-refractivity contribution in [2.24, 2.45) is 10.5 Å². The molecular weight excluding hydrogens is 494 g/mol. The highest BCUT2D eigenvalue weighted by Gasteiger charge is 2.44. The van der Waals surface area contributed by atoms with Crippen LogP contribution >= 0.6 is 11.3 Å². The van der Waals surface area contributed by atoms with Crippen molar-refractivity contribution in [3.05, 3.63) is 51.5 Å². The average Bonchev–Trinajstić information content (AvgIpc) is 3.45. The second-order valence-electron chi connectivity index (χ2n) is 10.3. The second-order valence-corrected chi connectivity index (χ2v) is 11.1. The molecule has 4 atom stereocenters. The summed E-state index contributed by atoms with van der Waals surface area (Å²) >= 11 is 1.57. The summed E-state index contributed by atoms with van der Waals surface area (Å²) < 4.78 is 0. The Balaban J connectivity index is 1.72. The first-order chi connectivity index (χ1) is 17.4. The Morgan fingerprint density at radius 2 is 1.95 bits per heavy atom. The molecular formula is C25H33N7O4S. The fourth-order valence-electron chi connectivity index (χ4n) is 4.32. The van der Waals surface area contributed by atoms with E-state index in [1.54, 1.807) is 37.6 Å². The Morgan fingerprint density at radius 1 is 1.27 bits per heavy atom. The molecule has 1 saturated heterocycles. The number of aliphatic hydroxyl groups excluding tert-OH is 1. The number of hydrogen-bond acceptors (Lipinski definition) is 7. The van der Waals surface area contributed by atoms with Gasteiger partial charge in [-0.15, -0.1) is 11.3 Å². The number of aliphatic hydroxyl groups is 1. The lowest BCUT2D eigenvalue weighted by molar-refractivity contribution is -0.144. The lowest BCUT2D eigenvalue weighted by atomic mass is 9.85. The van der Waals surface area contributed by atoms with Crippen LogP contribution in [0.4, 0.5) is 0 Å². The molecule has 11 nitrogen and oxygen atoms in total. The summed E-state index contributed by atoms with van der Waals surface area (Å²) in [4.78, 5) is 48.2. The summed E-state index contributed by atoms with van der Waals surface area (Å²) in [5.41, 5.74) is 12.5. The maximum absolute atomic E-state index is 13.5. The Morgan fingerprint density at radius 3 is 2.51 bits per heavy atom. The summed E-state index contributed by atoms with van der Waals surface area (Å²) in [5, 5.41) is 19.1. The van der Waals surface area contributed by atoms with E-state index in [-0.39, 0.29) is 24.9 Å². The Kier molecular flexibility index (Phi) is 8.90. The Labute approximate surface area is 219 Å². The van der Waals surface area contributed by atoms with Gasteiger partial charge >= 0.3 is 0 Å². The molecule has 0 radical (unpaired) electrons. The van der Waals surface area contributed by atoms with Crippen LogP contribution in [0.25, 0.3) is 20.9 Å². The molecule has 0 bridgehead atoms. The van der Waals surface area contributed by atoms with Gasteiger partial charge in [0, 0.05) is 17.9 Å². The SMILES string of the molecule is Cc1ncsc1-c1ccc([C@H](C)NC(=O)[C@@H]2C[C@@H](O)CN2C(=O)[C@@H](NC(=O)CN=[N+]=[N-])C(C)(C)C)cc1. The van der Waals surface area contributed by atoms with Crippen LogP contribution in [0.1, 0.15) is 51.4 Å². The smallest absolute Gasteiger partial charge is 0.246 e.